The van der Waals surface area contributed by atoms with Crippen molar-refractivity contribution < 1.29 is 0 Å². The van der Waals surface area contributed by atoms with Crippen molar-refractivity contribution in [3.63, 3.8) is 0 Å². The first-order chi connectivity index (χ1) is 12.6. The summed E-state index contributed by atoms with van der Waals surface area (Å²) in [5.74, 6) is 0.735. The van der Waals surface area contributed by atoms with E-state index in [1.165, 1.54) is 5.56 Å². The minimum atomic E-state index is 0.559. The van der Waals surface area contributed by atoms with E-state index in [1.807, 2.05) is 41.2 Å². The zero-order chi connectivity index (χ0) is 18.1. The van der Waals surface area contributed by atoms with Gasteiger partial charge in [-0.25, -0.2) is 14.6 Å². The number of hydrogen-bond acceptors (Lipinski definition) is 4. The molecule has 26 heavy (non-hydrogen) atoms. The highest BCUT2D eigenvalue weighted by molar-refractivity contribution is 7.98. The molecule has 0 atom stereocenters. The van der Waals surface area contributed by atoms with Gasteiger partial charge >= 0.3 is 0 Å². The number of aryl methyl sites for hydroxylation is 1. The molecule has 0 aliphatic heterocycles. The number of benzene rings is 2. The zero-order valence-corrected chi connectivity index (χ0v) is 16.2. The number of aromatic nitrogens is 4. The Hall–Kier alpha value is -2.08. The molecule has 0 radical (unpaired) electrons. The van der Waals surface area contributed by atoms with Gasteiger partial charge in [-0.15, -0.1) is 11.8 Å². The topological polar surface area (TPSA) is 43.6 Å². The lowest BCUT2D eigenvalue weighted by Gasteiger charge is -2.05. The highest BCUT2D eigenvalue weighted by Gasteiger charge is 2.12. The van der Waals surface area contributed by atoms with E-state index in [9.17, 15) is 0 Å². The number of thioether (sulfide) groups is 1. The van der Waals surface area contributed by atoms with Gasteiger partial charge in [0.1, 0.15) is 11.4 Å². The molecule has 7 heteroatoms. The molecule has 0 bridgehead atoms. The average molecular weight is 401 g/mol. The molecule has 0 spiro atoms. The van der Waals surface area contributed by atoms with Crippen molar-refractivity contribution in [2.24, 2.45) is 0 Å². The minimum absolute atomic E-state index is 0.559. The summed E-state index contributed by atoms with van der Waals surface area (Å²) in [4.78, 5) is 8.84. The lowest BCUT2D eigenvalue weighted by molar-refractivity contribution is 0.893. The molecule has 4 rings (SSSR count). The summed E-state index contributed by atoms with van der Waals surface area (Å²) in [7, 11) is 0. The largest absolute Gasteiger partial charge is 0.229 e. The van der Waals surface area contributed by atoms with E-state index in [4.69, 9.17) is 23.2 Å². The summed E-state index contributed by atoms with van der Waals surface area (Å²) < 4.78 is 1.83. The van der Waals surface area contributed by atoms with Crippen LogP contribution in [0.25, 0.3) is 16.7 Å². The molecule has 0 unspecified atom stereocenters. The van der Waals surface area contributed by atoms with Crippen LogP contribution in [0, 0.1) is 6.92 Å². The van der Waals surface area contributed by atoms with E-state index < -0.39 is 0 Å². The second kappa shape index (κ2) is 7.27. The third-order valence-electron chi connectivity index (χ3n) is 3.97. The summed E-state index contributed by atoms with van der Waals surface area (Å²) in [5.41, 5.74) is 4.06. The molecule has 0 fully saturated rings. The Bertz CT molecular complexity index is 1080. The molecule has 0 N–H and O–H groups in total. The van der Waals surface area contributed by atoms with Crippen molar-refractivity contribution in [3.8, 4) is 5.69 Å². The molecule has 4 nitrogen and oxygen atoms in total. The molecule has 2 aromatic carbocycles. The van der Waals surface area contributed by atoms with E-state index in [2.05, 4.69) is 34.1 Å². The highest BCUT2D eigenvalue weighted by Crippen LogP contribution is 2.30. The van der Waals surface area contributed by atoms with Gasteiger partial charge in [-0.2, -0.15) is 5.10 Å². The molecular weight excluding hydrogens is 387 g/mol. The van der Waals surface area contributed by atoms with Gasteiger partial charge in [0, 0.05) is 5.75 Å². The molecule has 2 heterocycles. The van der Waals surface area contributed by atoms with Crippen LogP contribution in [0.5, 0.6) is 0 Å². The van der Waals surface area contributed by atoms with Gasteiger partial charge in [-0.05, 0) is 36.8 Å². The minimum Gasteiger partial charge on any atom is -0.229 e. The van der Waals surface area contributed by atoms with Crippen molar-refractivity contribution in [1.29, 1.82) is 0 Å². The number of rotatable bonds is 4. The van der Waals surface area contributed by atoms with Crippen LogP contribution in [0.3, 0.4) is 0 Å². The second-order valence-electron chi connectivity index (χ2n) is 5.85. The molecule has 0 aliphatic carbocycles. The van der Waals surface area contributed by atoms with Gasteiger partial charge in [-0.3, -0.25) is 0 Å². The smallest absolute Gasteiger partial charge is 0.167 e. The molecule has 0 saturated carbocycles. The van der Waals surface area contributed by atoms with E-state index >= 15 is 0 Å². The van der Waals surface area contributed by atoms with Crippen molar-refractivity contribution in [3.05, 3.63) is 76.2 Å². The standard InChI is InChI=1S/C19H14Cl2N4S/c1-12-2-5-14(6-3-12)25-18-15(9-24-25)19(23-11-22-18)26-10-13-4-7-16(20)17(21)8-13/h2-9,11H,10H2,1H3. The fourth-order valence-electron chi connectivity index (χ4n) is 2.59. The lowest BCUT2D eigenvalue weighted by atomic mass is 10.2. The fraction of sp³-hybridized carbons (Fsp3) is 0.105. The van der Waals surface area contributed by atoms with E-state index in [0.717, 1.165) is 33.1 Å². The fourth-order valence-corrected chi connectivity index (χ4v) is 3.82. The van der Waals surface area contributed by atoms with Gasteiger partial charge in [0.15, 0.2) is 5.65 Å². The van der Waals surface area contributed by atoms with Crippen molar-refractivity contribution in [1.82, 2.24) is 19.7 Å². The summed E-state index contributed by atoms with van der Waals surface area (Å²) >= 11 is 13.7. The Morgan fingerprint density at radius 3 is 2.58 bits per heavy atom. The van der Waals surface area contributed by atoms with E-state index in [-0.39, 0.29) is 0 Å². The van der Waals surface area contributed by atoms with Crippen LogP contribution in [0.2, 0.25) is 10.0 Å². The van der Waals surface area contributed by atoms with Crippen molar-refractivity contribution >= 4 is 46.0 Å². The number of halogens is 2. The molecule has 130 valence electrons. The van der Waals surface area contributed by atoms with E-state index in [1.54, 1.807) is 18.1 Å². The third kappa shape index (κ3) is 3.43. The van der Waals surface area contributed by atoms with Crippen LogP contribution in [0.1, 0.15) is 11.1 Å². The van der Waals surface area contributed by atoms with Crippen LogP contribution in [0.4, 0.5) is 0 Å². The SMILES string of the molecule is Cc1ccc(-n2ncc3c(SCc4ccc(Cl)c(Cl)c4)ncnc32)cc1. The maximum Gasteiger partial charge on any atom is 0.167 e. The van der Waals surface area contributed by atoms with Gasteiger partial charge in [0.25, 0.3) is 0 Å². The van der Waals surface area contributed by atoms with Gasteiger partial charge in [0.05, 0.1) is 27.3 Å². The lowest BCUT2D eigenvalue weighted by Crippen LogP contribution is -1.98. The predicted molar refractivity (Wildman–Crippen MR) is 107 cm³/mol. The van der Waals surface area contributed by atoms with Crippen molar-refractivity contribution in [2.45, 2.75) is 17.7 Å². The summed E-state index contributed by atoms with van der Waals surface area (Å²) in [5, 5.41) is 7.44. The first-order valence-electron chi connectivity index (χ1n) is 7.94. The van der Waals surface area contributed by atoms with Gasteiger partial charge < -0.3 is 0 Å². The predicted octanol–water partition coefficient (Wildman–Crippen LogP) is 5.72. The number of nitrogens with zero attached hydrogens (tertiary/aromatic N) is 4. The summed E-state index contributed by atoms with van der Waals surface area (Å²) in [6.07, 6.45) is 3.39. The second-order valence-corrected chi connectivity index (χ2v) is 7.62. The average Bonchev–Trinajstić information content (AvgIpc) is 3.08. The highest BCUT2D eigenvalue weighted by atomic mass is 35.5. The summed E-state index contributed by atoms with van der Waals surface area (Å²) in [6.45, 7) is 2.06. The first kappa shape index (κ1) is 17.3. The number of fused-ring (bicyclic) bond motifs is 1. The molecule has 2 aromatic heterocycles. The molecule has 4 aromatic rings. The number of hydrogen-bond donors (Lipinski definition) is 0. The van der Waals surface area contributed by atoms with Crippen LogP contribution in [0.15, 0.2) is 60.0 Å². The Morgan fingerprint density at radius 2 is 1.81 bits per heavy atom. The van der Waals surface area contributed by atoms with Crippen LogP contribution >= 0.6 is 35.0 Å². The Balaban J connectivity index is 1.64. The monoisotopic (exact) mass is 400 g/mol. The molecule has 0 saturated heterocycles. The van der Waals surface area contributed by atoms with Crippen LogP contribution < -0.4 is 0 Å². The summed E-state index contributed by atoms with van der Waals surface area (Å²) in [6, 6.07) is 13.8. The van der Waals surface area contributed by atoms with Gasteiger partial charge in [0.2, 0.25) is 0 Å². The van der Waals surface area contributed by atoms with E-state index in [0.29, 0.717) is 10.0 Å². The normalized spacial score (nSPS) is 11.2. The molecule has 0 aliphatic rings. The Morgan fingerprint density at radius 1 is 1.00 bits per heavy atom. The maximum atomic E-state index is 6.09. The van der Waals surface area contributed by atoms with Gasteiger partial charge in [-0.1, -0.05) is 47.0 Å². The molecular formula is C19H14Cl2N4S. The molecule has 0 amide bonds. The Kier molecular flexibility index (Phi) is 4.85. The Labute approximate surface area is 165 Å². The van der Waals surface area contributed by atoms with Crippen LogP contribution in [-0.4, -0.2) is 19.7 Å². The quantitative estimate of drug-likeness (QED) is 0.324. The zero-order valence-electron chi connectivity index (χ0n) is 13.9. The van der Waals surface area contributed by atoms with Crippen LogP contribution in [-0.2, 0) is 5.75 Å². The first-order valence-corrected chi connectivity index (χ1v) is 9.68. The third-order valence-corrected chi connectivity index (χ3v) is 5.78. The maximum absolute atomic E-state index is 6.09. The van der Waals surface area contributed by atoms with Crippen molar-refractivity contribution in [2.75, 3.05) is 0 Å².